The summed E-state index contributed by atoms with van der Waals surface area (Å²) in [5.41, 5.74) is 0. The van der Waals surface area contributed by atoms with Gasteiger partial charge in [0.1, 0.15) is 0 Å². The molecule has 1 saturated heterocycles. The molecule has 1 heterocycles. The highest BCUT2D eigenvalue weighted by molar-refractivity contribution is 5.80. The molecule has 2 N–H and O–H groups in total. The van der Waals surface area contributed by atoms with Gasteiger partial charge in [0.05, 0.1) is 19.1 Å². The third-order valence-electron chi connectivity index (χ3n) is 3.76. The summed E-state index contributed by atoms with van der Waals surface area (Å²) < 4.78 is 5.41. The molecular formula is C15H30N2O2. The molecular weight excluding hydrogens is 240 g/mol. The summed E-state index contributed by atoms with van der Waals surface area (Å²) in [6, 6.07) is 0.449. The molecule has 112 valence electrons. The lowest BCUT2D eigenvalue weighted by atomic mass is 10.0. The molecule has 1 fully saturated rings. The quantitative estimate of drug-likeness (QED) is 0.631. The van der Waals surface area contributed by atoms with Crippen LogP contribution in [-0.4, -0.2) is 37.7 Å². The first-order valence-corrected chi connectivity index (χ1v) is 7.80. The van der Waals surface area contributed by atoms with E-state index in [1.807, 2.05) is 0 Å². The van der Waals surface area contributed by atoms with E-state index < -0.39 is 0 Å². The fraction of sp³-hybridized carbons (Fsp3) is 0.933. The zero-order chi connectivity index (χ0) is 14.1. The van der Waals surface area contributed by atoms with Crippen LogP contribution in [0.25, 0.3) is 0 Å². The Labute approximate surface area is 117 Å². The Morgan fingerprint density at radius 3 is 2.74 bits per heavy atom. The van der Waals surface area contributed by atoms with Crippen molar-refractivity contribution in [2.45, 2.75) is 65.0 Å². The average Bonchev–Trinajstić information content (AvgIpc) is 2.83. The van der Waals surface area contributed by atoms with Gasteiger partial charge in [0.25, 0.3) is 0 Å². The first-order chi connectivity index (χ1) is 9.19. The molecule has 0 aliphatic carbocycles. The van der Waals surface area contributed by atoms with Crippen molar-refractivity contribution in [3.8, 4) is 0 Å². The second-order valence-electron chi connectivity index (χ2n) is 5.57. The summed E-state index contributed by atoms with van der Waals surface area (Å²) >= 11 is 0. The predicted octanol–water partition coefficient (Wildman–Crippen LogP) is 2.09. The van der Waals surface area contributed by atoms with Crippen LogP contribution in [0.3, 0.4) is 0 Å². The Hall–Kier alpha value is -0.610. The SMILES string of the molecule is CCCCCCC(C)NC(=O)C1COCC1NCC. The third-order valence-corrected chi connectivity index (χ3v) is 3.76. The van der Waals surface area contributed by atoms with Crippen molar-refractivity contribution in [2.24, 2.45) is 5.92 Å². The highest BCUT2D eigenvalue weighted by atomic mass is 16.5. The fourth-order valence-electron chi connectivity index (χ4n) is 2.58. The van der Waals surface area contributed by atoms with Crippen LogP contribution in [0.4, 0.5) is 0 Å². The van der Waals surface area contributed by atoms with E-state index in [1.54, 1.807) is 0 Å². The standard InChI is InChI=1S/C15H30N2O2/c1-4-6-7-8-9-12(3)17-15(18)13-10-19-11-14(13)16-5-2/h12-14,16H,4-11H2,1-3H3,(H,17,18). The van der Waals surface area contributed by atoms with Gasteiger partial charge in [0.15, 0.2) is 0 Å². The summed E-state index contributed by atoms with van der Waals surface area (Å²) in [5.74, 6) is 0.115. The maximum atomic E-state index is 12.2. The van der Waals surface area contributed by atoms with Crippen LogP contribution < -0.4 is 10.6 Å². The molecule has 0 aromatic carbocycles. The lowest BCUT2D eigenvalue weighted by Crippen LogP contribution is -2.46. The van der Waals surface area contributed by atoms with Crippen LogP contribution in [-0.2, 0) is 9.53 Å². The van der Waals surface area contributed by atoms with Crippen LogP contribution >= 0.6 is 0 Å². The van der Waals surface area contributed by atoms with E-state index in [0.717, 1.165) is 13.0 Å². The Balaban J connectivity index is 2.25. The molecule has 1 aliphatic heterocycles. The Bertz CT molecular complexity index is 259. The van der Waals surface area contributed by atoms with Gasteiger partial charge in [-0.1, -0.05) is 39.5 Å². The third kappa shape index (κ3) is 5.91. The monoisotopic (exact) mass is 270 g/mol. The smallest absolute Gasteiger partial charge is 0.227 e. The summed E-state index contributed by atoms with van der Waals surface area (Å²) in [5, 5.41) is 6.45. The van der Waals surface area contributed by atoms with Crippen molar-refractivity contribution in [1.82, 2.24) is 10.6 Å². The van der Waals surface area contributed by atoms with Crippen LogP contribution in [0.2, 0.25) is 0 Å². The fourth-order valence-corrected chi connectivity index (χ4v) is 2.58. The largest absolute Gasteiger partial charge is 0.379 e. The van der Waals surface area contributed by atoms with Crippen molar-refractivity contribution in [2.75, 3.05) is 19.8 Å². The lowest BCUT2D eigenvalue weighted by molar-refractivity contribution is -0.126. The van der Waals surface area contributed by atoms with E-state index in [9.17, 15) is 4.79 Å². The minimum absolute atomic E-state index is 0.0296. The van der Waals surface area contributed by atoms with Gasteiger partial charge in [0.2, 0.25) is 5.91 Å². The molecule has 0 aromatic heterocycles. The molecule has 0 saturated carbocycles. The number of nitrogens with one attached hydrogen (secondary N) is 2. The van der Waals surface area contributed by atoms with Crippen molar-refractivity contribution < 1.29 is 9.53 Å². The lowest BCUT2D eigenvalue weighted by Gasteiger charge is -2.21. The van der Waals surface area contributed by atoms with Crippen molar-refractivity contribution in [1.29, 1.82) is 0 Å². The van der Waals surface area contributed by atoms with Gasteiger partial charge in [-0.15, -0.1) is 0 Å². The van der Waals surface area contributed by atoms with Crippen LogP contribution in [0.1, 0.15) is 52.9 Å². The number of ether oxygens (including phenoxy) is 1. The van der Waals surface area contributed by atoms with Crippen LogP contribution in [0.15, 0.2) is 0 Å². The molecule has 4 nitrogen and oxygen atoms in total. The maximum Gasteiger partial charge on any atom is 0.227 e. The van der Waals surface area contributed by atoms with E-state index in [-0.39, 0.29) is 23.9 Å². The van der Waals surface area contributed by atoms with Crippen LogP contribution in [0.5, 0.6) is 0 Å². The van der Waals surface area contributed by atoms with E-state index >= 15 is 0 Å². The summed E-state index contributed by atoms with van der Waals surface area (Å²) in [4.78, 5) is 12.2. The van der Waals surface area contributed by atoms with Crippen molar-refractivity contribution in [3.63, 3.8) is 0 Å². The number of rotatable bonds is 9. The second-order valence-corrected chi connectivity index (χ2v) is 5.57. The predicted molar refractivity (Wildman–Crippen MR) is 78.1 cm³/mol. The van der Waals surface area contributed by atoms with E-state index in [0.29, 0.717) is 13.2 Å². The Morgan fingerprint density at radius 1 is 1.26 bits per heavy atom. The number of unbranched alkanes of at least 4 members (excludes halogenated alkanes) is 3. The second kappa shape index (κ2) is 9.32. The van der Waals surface area contributed by atoms with Crippen molar-refractivity contribution in [3.05, 3.63) is 0 Å². The number of carbonyl (C=O) groups excluding carboxylic acids is 1. The minimum atomic E-state index is -0.0296. The Kier molecular flexibility index (Phi) is 8.07. The maximum absolute atomic E-state index is 12.2. The van der Waals surface area contributed by atoms with E-state index in [1.165, 1.54) is 25.7 Å². The first-order valence-electron chi connectivity index (χ1n) is 7.80. The molecule has 4 heteroatoms. The van der Waals surface area contributed by atoms with E-state index in [2.05, 4.69) is 31.4 Å². The summed E-state index contributed by atoms with van der Waals surface area (Å²) in [7, 11) is 0. The average molecular weight is 270 g/mol. The number of likely N-dealkylation sites (N-methyl/N-ethyl adjacent to an activating group) is 1. The van der Waals surface area contributed by atoms with Gasteiger partial charge in [0, 0.05) is 12.1 Å². The summed E-state index contributed by atoms with van der Waals surface area (Å²) in [6.07, 6.45) is 6.09. The van der Waals surface area contributed by atoms with E-state index in [4.69, 9.17) is 4.74 Å². The zero-order valence-electron chi connectivity index (χ0n) is 12.7. The molecule has 19 heavy (non-hydrogen) atoms. The normalized spacial score (nSPS) is 24.4. The van der Waals surface area contributed by atoms with Gasteiger partial charge in [-0.3, -0.25) is 4.79 Å². The highest BCUT2D eigenvalue weighted by Gasteiger charge is 2.33. The van der Waals surface area contributed by atoms with Gasteiger partial charge in [-0.05, 0) is 19.9 Å². The number of carbonyl (C=O) groups is 1. The van der Waals surface area contributed by atoms with Crippen LogP contribution in [0, 0.1) is 5.92 Å². The molecule has 0 bridgehead atoms. The first kappa shape index (κ1) is 16.4. The molecule has 1 rings (SSSR count). The molecule has 1 aliphatic rings. The van der Waals surface area contributed by atoms with Crippen molar-refractivity contribution >= 4 is 5.91 Å². The number of hydrogen-bond acceptors (Lipinski definition) is 3. The highest BCUT2D eigenvalue weighted by Crippen LogP contribution is 2.14. The molecule has 0 aromatic rings. The minimum Gasteiger partial charge on any atom is -0.379 e. The number of hydrogen-bond donors (Lipinski definition) is 2. The molecule has 0 radical (unpaired) electrons. The van der Waals surface area contributed by atoms with Gasteiger partial charge in [-0.25, -0.2) is 0 Å². The zero-order valence-corrected chi connectivity index (χ0v) is 12.7. The number of amides is 1. The topological polar surface area (TPSA) is 50.4 Å². The van der Waals surface area contributed by atoms with Gasteiger partial charge < -0.3 is 15.4 Å². The molecule has 3 atom stereocenters. The molecule has 1 amide bonds. The molecule has 0 spiro atoms. The molecule has 3 unspecified atom stereocenters. The summed E-state index contributed by atoms with van der Waals surface area (Å²) in [6.45, 7) is 8.45. The van der Waals surface area contributed by atoms with Gasteiger partial charge >= 0.3 is 0 Å². The van der Waals surface area contributed by atoms with Gasteiger partial charge in [-0.2, -0.15) is 0 Å². The Morgan fingerprint density at radius 2 is 2.05 bits per heavy atom.